The third-order valence-electron chi connectivity index (χ3n) is 6.65. The Morgan fingerprint density at radius 1 is 1.22 bits per heavy atom. The molecule has 2 N–H and O–H groups in total. The van der Waals surface area contributed by atoms with E-state index >= 15 is 0 Å². The van der Waals surface area contributed by atoms with Gasteiger partial charge in [-0.2, -0.15) is 5.26 Å². The van der Waals surface area contributed by atoms with Crippen LogP contribution < -0.4 is 15.8 Å². The molecule has 32 heavy (non-hydrogen) atoms. The molecule has 1 unspecified atom stereocenters. The first-order valence-electron chi connectivity index (χ1n) is 11.1. The fraction of sp³-hybridized carbons (Fsp3) is 0.360. The zero-order valence-corrected chi connectivity index (χ0v) is 18.1. The van der Waals surface area contributed by atoms with Crippen LogP contribution in [0.25, 0.3) is 10.9 Å². The molecule has 0 bridgehead atoms. The second-order valence-electron chi connectivity index (χ2n) is 8.76. The highest BCUT2D eigenvalue weighted by Crippen LogP contribution is 2.29. The summed E-state index contributed by atoms with van der Waals surface area (Å²) < 4.78 is 14.5. The Morgan fingerprint density at radius 3 is 2.88 bits per heavy atom. The summed E-state index contributed by atoms with van der Waals surface area (Å²) in [6.45, 7) is 6.06. The SMILES string of the molecule is CC1CN(c2ccc(C#N)cc2F)CCN1Cc1ccc2c3c(c(=O)[nH]c2c1)CCCN3. The van der Waals surface area contributed by atoms with E-state index in [1.165, 1.54) is 6.07 Å². The van der Waals surface area contributed by atoms with Crippen molar-refractivity contribution in [1.29, 1.82) is 5.26 Å². The van der Waals surface area contributed by atoms with Gasteiger partial charge in [0.15, 0.2) is 0 Å². The zero-order valence-electron chi connectivity index (χ0n) is 18.1. The fourth-order valence-electron chi connectivity index (χ4n) is 4.92. The molecule has 1 saturated heterocycles. The molecule has 3 heterocycles. The summed E-state index contributed by atoms with van der Waals surface area (Å²) in [4.78, 5) is 20.0. The number of aromatic amines is 1. The summed E-state index contributed by atoms with van der Waals surface area (Å²) in [5.74, 6) is -0.347. The van der Waals surface area contributed by atoms with Crippen molar-refractivity contribution in [3.05, 3.63) is 69.3 Å². The molecule has 1 fully saturated rings. The lowest BCUT2D eigenvalue weighted by Gasteiger charge is -2.41. The van der Waals surface area contributed by atoms with E-state index in [4.69, 9.17) is 5.26 Å². The molecule has 7 heteroatoms. The minimum atomic E-state index is -0.347. The molecule has 1 atom stereocenters. The van der Waals surface area contributed by atoms with Crippen LogP contribution in [-0.2, 0) is 13.0 Å². The van der Waals surface area contributed by atoms with Crippen LogP contribution in [0.4, 0.5) is 15.8 Å². The lowest BCUT2D eigenvalue weighted by molar-refractivity contribution is 0.180. The van der Waals surface area contributed by atoms with E-state index in [-0.39, 0.29) is 17.4 Å². The number of aromatic nitrogens is 1. The molecule has 0 aliphatic carbocycles. The summed E-state index contributed by atoms with van der Waals surface area (Å²) in [5.41, 5.74) is 4.74. The molecule has 2 aromatic carbocycles. The zero-order chi connectivity index (χ0) is 22.2. The number of nitriles is 1. The number of benzene rings is 2. The number of rotatable bonds is 3. The smallest absolute Gasteiger partial charge is 0.253 e. The van der Waals surface area contributed by atoms with Gasteiger partial charge >= 0.3 is 0 Å². The largest absolute Gasteiger partial charge is 0.384 e. The molecular weight excluding hydrogens is 405 g/mol. The van der Waals surface area contributed by atoms with Crippen molar-refractivity contribution < 1.29 is 4.39 Å². The summed E-state index contributed by atoms with van der Waals surface area (Å²) in [6.07, 6.45) is 1.80. The van der Waals surface area contributed by atoms with E-state index in [0.717, 1.165) is 66.7 Å². The lowest BCUT2D eigenvalue weighted by atomic mass is 10.0. The Hall–Kier alpha value is -3.37. The molecule has 6 nitrogen and oxygen atoms in total. The Kier molecular flexibility index (Phi) is 5.32. The van der Waals surface area contributed by atoms with Crippen molar-refractivity contribution in [3.8, 4) is 6.07 Å². The first-order chi connectivity index (χ1) is 15.5. The first-order valence-corrected chi connectivity index (χ1v) is 11.1. The van der Waals surface area contributed by atoms with Crippen LogP contribution in [-0.4, -0.2) is 42.1 Å². The van der Waals surface area contributed by atoms with Gasteiger partial charge in [-0.05, 0) is 49.6 Å². The van der Waals surface area contributed by atoms with Crippen LogP contribution in [0.1, 0.15) is 30.0 Å². The second kappa shape index (κ2) is 8.29. The maximum Gasteiger partial charge on any atom is 0.253 e. The minimum Gasteiger partial charge on any atom is -0.384 e. The highest BCUT2D eigenvalue weighted by molar-refractivity contribution is 5.93. The van der Waals surface area contributed by atoms with Gasteiger partial charge in [-0.1, -0.05) is 12.1 Å². The molecular formula is C25H26FN5O. The highest BCUT2D eigenvalue weighted by atomic mass is 19.1. The van der Waals surface area contributed by atoms with E-state index in [0.29, 0.717) is 17.8 Å². The number of pyridine rings is 1. The van der Waals surface area contributed by atoms with E-state index in [1.54, 1.807) is 12.1 Å². The predicted octanol–water partition coefficient (Wildman–Crippen LogP) is 3.61. The van der Waals surface area contributed by atoms with Gasteiger partial charge in [-0.15, -0.1) is 0 Å². The Labute approximate surface area is 186 Å². The molecule has 2 aliphatic rings. The predicted molar refractivity (Wildman–Crippen MR) is 125 cm³/mol. The fourth-order valence-corrected chi connectivity index (χ4v) is 4.92. The maximum atomic E-state index is 14.5. The van der Waals surface area contributed by atoms with Crippen LogP contribution in [0.2, 0.25) is 0 Å². The number of hydrogen-bond donors (Lipinski definition) is 2. The van der Waals surface area contributed by atoms with Crippen LogP contribution in [0, 0.1) is 17.1 Å². The van der Waals surface area contributed by atoms with Crippen LogP contribution in [0.3, 0.4) is 0 Å². The first kappa shape index (κ1) is 20.5. The molecule has 0 saturated carbocycles. The monoisotopic (exact) mass is 431 g/mol. The molecule has 164 valence electrons. The van der Waals surface area contributed by atoms with Gasteiger partial charge < -0.3 is 15.2 Å². The molecule has 3 aromatic rings. The molecule has 0 radical (unpaired) electrons. The Balaban J connectivity index is 1.33. The lowest BCUT2D eigenvalue weighted by Crippen LogP contribution is -2.51. The van der Waals surface area contributed by atoms with Gasteiger partial charge in [0.05, 0.1) is 28.5 Å². The molecule has 0 amide bonds. The summed E-state index contributed by atoms with van der Waals surface area (Å²) >= 11 is 0. The van der Waals surface area contributed by atoms with Gasteiger partial charge in [0.25, 0.3) is 5.56 Å². The van der Waals surface area contributed by atoms with E-state index in [1.807, 2.05) is 11.0 Å². The third-order valence-corrected chi connectivity index (χ3v) is 6.65. The highest BCUT2D eigenvalue weighted by Gasteiger charge is 2.26. The summed E-state index contributed by atoms with van der Waals surface area (Å²) in [6, 6.07) is 13.2. The van der Waals surface area contributed by atoms with Gasteiger partial charge in [-0.3, -0.25) is 9.69 Å². The van der Waals surface area contributed by atoms with Crippen molar-refractivity contribution in [3.63, 3.8) is 0 Å². The molecule has 2 aliphatic heterocycles. The van der Waals surface area contributed by atoms with E-state index in [9.17, 15) is 9.18 Å². The topological polar surface area (TPSA) is 75.2 Å². The summed E-state index contributed by atoms with van der Waals surface area (Å²) in [7, 11) is 0. The van der Waals surface area contributed by atoms with Crippen molar-refractivity contribution in [2.24, 2.45) is 0 Å². The van der Waals surface area contributed by atoms with Gasteiger partial charge in [0.1, 0.15) is 5.82 Å². The number of H-pyrrole nitrogens is 1. The Bertz CT molecular complexity index is 1280. The number of nitrogens with zero attached hydrogens (tertiary/aromatic N) is 3. The molecule has 0 spiro atoms. The van der Waals surface area contributed by atoms with Gasteiger partial charge in [0.2, 0.25) is 0 Å². The van der Waals surface area contributed by atoms with Crippen molar-refractivity contribution in [1.82, 2.24) is 9.88 Å². The third kappa shape index (κ3) is 3.71. The van der Waals surface area contributed by atoms with Crippen molar-refractivity contribution in [2.45, 2.75) is 32.4 Å². The molecule has 1 aromatic heterocycles. The van der Waals surface area contributed by atoms with Gasteiger partial charge in [0, 0.05) is 49.7 Å². The normalized spacial score (nSPS) is 18.8. The van der Waals surface area contributed by atoms with Crippen molar-refractivity contribution in [2.75, 3.05) is 36.4 Å². The number of fused-ring (bicyclic) bond motifs is 3. The average molecular weight is 432 g/mol. The quantitative estimate of drug-likeness (QED) is 0.663. The maximum absolute atomic E-state index is 14.5. The van der Waals surface area contributed by atoms with Crippen LogP contribution in [0.15, 0.2) is 41.2 Å². The Morgan fingerprint density at radius 2 is 2.09 bits per heavy atom. The number of hydrogen-bond acceptors (Lipinski definition) is 5. The second-order valence-corrected chi connectivity index (χ2v) is 8.76. The number of piperazine rings is 1. The van der Waals surface area contributed by atoms with Gasteiger partial charge in [-0.25, -0.2) is 4.39 Å². The van der Waals surface area contributed by atoms with E-state index in [2.05, 4.69) is 40.3 Å². The van der Waals surface area contributed by atoms with Crippen LogP contribution >= 0.6 is 0 Å². The molecule has 5 rings (SSSR count). The number of nitrogens with one attached hydrogen (secondary N) is 2. The standard InChI is InChI=1S/C25H26FN5O/c1-16-14-31(23-7-5-17(13-27)11-21(23)26)10-9-30(16)15-18-4-6-19-22(12-18)29-25(32)20-3-2-8-28-24(19)20/h4-7,11-12,16,28H,2-3,8-10,14-15H2,1H3,(H,29,32). The van der Waals surface area contributed by atoms with E-state index < -0.39 is 0 Å². The summed E-state index contributed by atoms with van der Waals surface area (Å²) in [5, 5.41) is 13.4. The average Bonchev–Trinajstić information content (AvgIpc) is 2.80. The number of anilines is 2. The minimum absolute atomic E-state index is 0.00303. The van der Waals surface area contributed by atoms with Crippen LogP contribution in [0.5, 0.6) is 0 Å². The van der Waals surface area contributed by atoms with Crippen molar-refractivity contribution >= 4 is 22.3 Å². The number of halogens is 1.